The third-order valence-electron chi connectivity index (χ3n) is 3.96. The molecule has 0 spiro atoms. The Bertz CT molecular complexity index is 919. The number of amides is 1. The van der Waals surface area contributed by atoms with Crippen molar-refractivity contribution < 1.29 is 9.18 Å². The quantitative estimate of drug-likeness (QED) is 0.600. The van der Waals surface area contributed by atoms with Crippen molar-refractivity contribution in [3.05, 3.63) is 74.9 Å². The third-order valence-corrected chi connectivity index (χ3v) is 4.63. The van der Waals surface area contributed by atoms with Crippen LogP contribution in [0.15, 0.2) is 48.5 Å². The highest BCUT2D eigenvalue weighted by molar-refractivity contribution is 14.1. The molecule has 0 aliphatic rings. The van der Waals surface area contributed by atoms with Gasteiger partial charge >= 0.3 is 0 Å². The number of halogens is 2. The first-order chi connectivity index (χ1) is 11.9. The second-order valence-corrected chi connectivity index (χ2v) is 7.02. The molecule has 3 rings (SSSR count). The van der Waals surface area contributed by atoms with E-state index in [1.54, 1.807) is 16.8 Å². The number of carbonyl (C=O) groups is 1. The number of nitrogens with one attached hydrogen (secondary N) is 1. The summed E-state index contributed by atoms with van der Waals surface area (Å²) in [6.45, 7) is 3.79. The van der Waals surface area contributed by atoms with Crippen molar-refractivity contribution in [2.24, 2.45) is 0 Å². The molecule has 25 heavy (non-hydrogen) atoms. The van der Waals surface area contributed by atoms with Crippen molar-refractivity contribution in [2.45, 2.75) is 20.3 Å². The van der Waals surface area contributed by atoms with E-state index in [0.29, 0.717) is 0 Å². The van der Waals surface area contributed by atoms with E-state index >= 15 is 0 Å². The number of aromatic nitrogens is 2. The zero-order valence-electron chi connectivity index (χ0n) is 13.9. The van der Waals surface area contributed by atoms with Crippen LogP contribution in [0.1, 0.15) is 17.0 Å². The summed E-state index contributed by atoms with van der Waals surface area (Å²) in [7, 11) is 0. The van der Waals surface area contributed by atoms with E-state index in [0.717, 1.165) is 31.9 Å². The molecule has 1 amide bonds. The van der Waals surface area contributed by atoms with E-state index in [2.05, 4.69) is 33.0 Å². The van der Waals surface area contributed by atoms with Crippen LogP contribution >= 0.6 is 22.6 Å². The molecule has 0 fully saturated rings. The molecule has 0 aliphatic carbocycles. The number of rotatable bonds is 4. The molecule has 2 aromatic carbocycles. The van der Waals surface area contributed by atoms with E-state index in [9.17, 15) is 9.18 Å². The molecule has 0 radical (unpaired) electrons. The fourth-order valence-electron chi connectivity index (χ4n) is 2.70. The molecule has 0 atom stereocenters. The highest BCUT2D eigenvalue weighted by Gasteiger charge is 2.16. The molecule has 1 heterocycles. The predicted molar refractivity (Wildman–Crippen MR) is 104 cm³/mol. The van der Waals surface area contributed by atoms with Crippen LogP contribution in [-0.2, 0) is 11.2 Å². The van der Waals surface area contributed by atoms with Crippen molar-refractivity contribution in [1.82, 2.24) is 9.78 Å². The lowest BCUT2D eigenvalue weighted by molar-refractivity contribution is -0.115. The maximum atomic E-state index is 13.1. The molecular formula is C19H17FIN3O. The van der Waals surface area contributed by atoms with Crippen LogP contribution in [0, 0.1) is 23.2 Å². The molecule has 0 bridgehead atoms. The Labute approximate surface area is 159 Å². The Kier molecular flexibility index (Phi) is 5.17. The first-order valence-electron chi connectivity index (χ1n) is 7.80. The normalized spacial score (nSPS) is 10.7. The number of aryl methyl sites for hydroxylation is 1. The summed E-state index contributed by atoms with van der Waals surface area (Å²) in [5.41, 5.74) is 4.10. The Morgan fingerprint density at radius 2 is 1.92 bits per heavy atom. The van der Waals surface area contributed by atoms with E-state index in [1.165, 1.54) is 12.1 Å². The van der Waals surface area contributed by atoms with Gasteiger partial charge in [0.2, 0.25) is 5.91 Å². The highest BCUT2D eigenvalue weighted by atomic mass is 127. The molecular weight excluding hydrogens is 432 g/mol. The van der Waals surface area contributed by atoms with Crippen molar-refractivity contribution in [1.29, 1.82) is 0 Å². The largest absolute Gasteiger partial charge is 0.326 e. The van der Waals surface area contributed by atoms with E-state index in [1.807, 2.05) is 38.1 Å². The van der Waals surface area contributed by atoms with E-state index in [4.69, 9.17) is 0 Å². The summed E-state index contributed by atoms with van der Waals surface area (Å²) in [5, 5.41) is 7.41. The molecule has 3 aromatic rings. The first kappa shape index (κ1) is 17.6. The Balaban J connectivity index is 1.81. The minimum absolute atomic E-state index is 0.0909. The summed E-state index contributed by atoms with van der Waals surface area (Å²) >= 11 is 2.21. The van der Waals surface area contributed by atoms with Gasteiger partial charge in [0.05, 0.1) is 17.8 Å². The third kappa shape index (κ3) is 4.07. The standard InChI is InChI=1S/C19H17FIN3O/c1-12-18(11-19(25)22-16-5-3-4-15(21)10-16)13(2)24(23-12)17-8-6-14(20)7-9-17/h3-10H,11H2,1-2H3,(H,22,25). The number of benzene rings is 2. The van der Waals surface area contributed by atoms with Crippen LogP contribution in [0.2, 0.25) is 0 Å². The Hall–Kier alpha value is -2.22. The lowest BCUT2D eigenvalue weighted by Crippen LogP contribution is -2.15. The summed E-state index contributed by atoms with van der Waals surface area (Å²) in [6.07, 6.45) is 0.240. The van der Waals surface area contributed by atoms with Gasteiger partial charge < -0.3 is 5.32 Å². The number of hydrogen-bond acceptors (Lipinski definition) is 2. The predicted octanol–water partition coefficient (Wildman–Crippen LogP) is 4.41. The highest BCUT2D eigenvalue weighted by Crippen LogP contribution is 2.20. The van der Waals surface area contributed by atoms with Crippen molar-refractivity contribution in [3.63, 3.8) is 0 Å². The maximum Gasteiger partial charge on any atom is 0.228 e. The van der Waals surface area contributed by atoms with Crippen LogP contribution < -0.4 is 5.32 Å². The number of carbonyl (C=O) groups excluding carboxylic acids is 1. The molecule has 0 unspecified atom stereocenters. The van der Waals surface area contributed by atoms with Crippen LogP contribution in [-0.4, -0.2) is 15.7 Å². The number of nitrogens with zero attached hydrogens (tertiary/aromatic N) is 2. The van der Waals surface area contributed by atoms with Gasteiger partial charge in [0.15, 0.2) is 0 Å². The van der Waals surface area contributed by atoms with Gasteiger partial charge in [-0.1, -0.05) is 6.07 Å². The van der Waals surface area contributed by atoms with Crippen LogP contribution in [0.25, 0.3) is 5.69 Å². The van der Waals surface area contributed by atoms with Crippen molar-refractivity contribution >= 4 is 34.2 Å². The van der Waals surface area contributed by atoms with Crippen LogP contribution in [0.4, 0.5) is 10.1 Å². The van der Waals surface area contributed by atoms with Crippen LogP contribution in [0.3, 0.4) is 0 Å². The molecule has 0 saturated carbocycles. The van der Waals surface area contributed by atoms with E-state index < -0.39 is 0 Å². The fraction of sp³-hybridized carbons (Fsp3) is 0.158. The lowest BCUT2D eigenvalue weighted by Gasteiger charge is -2.07. The van der Waals surface area contributed by atoms with E-state index in [-0.39, 0.29) is 18.1 Å². The average molecular weight is 449 g/mol. The van der Waals surface area contributed by atoms with Gasteiger partial charge in [-0.2, -0.15) is 5.10 Å². The molecule has 0 aliphatic heterocycles. The zero-order valence-corrected chi connectivity index (χ0v) is 16.0. The smallest absolute Gasteiger partial charge is 0.228 e. The molecule has 4 nitrogen and oxygen atoms in total. The SMILES string of the molecule is Cc1nn(-c2ccc(F)cc2)c(C)c1CC(=O)Nc1cccc(I)c1. The second kappa shape index (κ2) is 7.35. The Morgan fingerprint density at radius 1 is 1.20 bits per heavy atom. The first-order valence-corrected chi connectivity index (χ1v) is 8.88. The summed E-state index contributed by atoms with van der Waals surface area (Å²) in [5.74, 6) is -0.380. The van der Waals surface area contributed by atoms with Gasteiger partial charge in [-0.05, 0) is 78.9 Å². The van der Waals surface area contributed by atoms with Gasteiger partial charge in [-0.15, -0.1) is 0 Å². The fourth-order valence-corrected chi connectivity index (χ4v) is 3.24. The summed E-state index contributed by atoms with van der Waals surface area (Å²) in [4.78, 5) is 12.4. The van der Waals surface area contributed by atoms with Crippen molar-refractivity contribution in [3.8, 4) is 5.69 Å². The second-order valence-electron chi connectivity index (χ2n) is 5.77. The average Bonchev–Trinajstić information content (AvgIpc) is 2.84. The van der Waals surface area contributed by atoms with Gasteiger partial charge in [0, 0.05) is 20.5 Å². The van der Waals surface area contributed by atoms with Gasteiger partial charge in [0.1, 0.15) is 5.82 Å². The summed E-state index contributed by atoms with van der Waals surface area (Å²) in [6, 6.07) is 13.8. The molecule has 128 valence electrons. The summed E-state index contributed by atoms with van der Waals surface area (Å²) < 4.78 is 15.9. The topological polar surface area (TPSA) is 46.9 Å². The van der Waals surface area contributed by atoms with Crippen LogP contribution in [0.5, 0.6) is 0 Å². The minimum atomic E-state index is -0.289. The number of hydrogen-bond donors (Lipinski definition) is 1. The monoisotopic (exact) mass is 449 g/mol. The lowest BCUT2D eigenvalue weighted by atomic mass is 10.1. The van der Waals surface area contributed by atoms with Gasteiger partial charge in [-0.3, -0.25) is 4.79 Å². The minimum Gasteiger partial charge on any atom is -0.326 e. The van der Waals surface area contributed by atoms with Crippen molar-refractivity contribution in [2.75, 3.05) is 5.32 Å². The molecule has 1 N–H and O–H groups in total. The van der Waals surface area contributed by atoms with Gasteiger partial charge in [0.25, 0.3) is 0 Å². The Morgan fingerprint density at radius 3 is 2.60 bits per heavy atom. The molecule has 0 saturated heterocycles. The molecule has 1 aromatic heterocycles. The number of anilines is 1. The molecule has 6 heteroatoms. The zero-order chi connectivity index (χ0) is 18.0. The van der Waals surface area contributed by atoms with Gasteiger partial charge in [-0.25, -0.2) is 9.07 Å². The maximum absolute atomic E-state index is 13.1.